The van der Waals surface area contributed by atoms with Crippen LogP contribution in [-0.4, -0.2) is 35.2 Å². The Hall–Kier alpha value is -1.59. The van der Waals surface area contributed by atoms with Gasteiger partial charge in [-0.2, -0.15) is 9.97 Å². The van der Waals surface area contributed by atoms with Crippen LogP contribution in [0.2, 0.25) is 0 Å². The van der Waals surface area contributed by atoms with Crippen LogP contribution in [0.25, 0.3) is 0 Å². The molecule has 0 N–H and O–H groups in total. The number of ether oxygens (including phenoxy) is 1. The summed E-state index contributed by atoms with van der Waals surface area (Å²) in [7, 11) is 5.11. The average Bonchev–Trinajstić information content (AvgIpc) is 2.12. The molecule has 0 saturated heterocycles. The predicted molar refractivity (Wildman–Crippen MR) is 52.8 cm³/mol. The van der Waals surface area contributed by atoms with Gasteiger partial charge in [0.1, 0.15) is 0 Å². The highest BCUT2D eigenvalue weighted by molar-refractivity contribution is 5.26. The van der Waals surface area contributed by atoms with E-state index in [2.05, 4.69) is 9.97 Å². The van der Waals surface area contributed by atoms with Crippen LogP contribution in [0.15, 0.2) is 4.79 Å². The Bertz CT molecular complexity index is 372. The van der Waals surface area contributed by atoms with Crippen molar-refractivity contribution in [3.63, 3.8) is 0 Å². The molecule has 0 aliphatic carbocycles. The van der Waals surface area contributed by atoms with Crippen molar-refractivity contribution in [2.75, 3.05) is 25.6 Å². The van der Waals surface area contributed by atoms with Gasteiger partial charge in [0.25, 0.3) is 0 Å². The molecule has 14 heavy (non-hydrogen) atoms. The second-order valence-electron chi connectivity index (χ2n) is 2.98. The second kappa shape index (κ2) is 4.08. The fourth-order valence-electron chi connectivity index (χ4n) is 0.886. The molecule has 0 unspecified atom stereocenters. The molecule has 0 amide bonds. The average molecular weight is 198 g/mol. The number of hydrogen-bond acceptors (Lipinski definition) is 5. The van der Waals surface area contributed by atoms with Gasteiger partial charge in [-0.05, 0) is 6.92 Å². The van der Waals surface area contributed by atoms with Crippen molar-refractivity contribution < 1.29 is 4.74 Å². The predicted octanol–water partition coefficient (Wildman–Crippen LogP) is -0.360. The molecule has 78 valence electrons. The number of hydrogen-bond donors (Lipinski definition) is 0. The molecule has 0 radical (unpaired) electrons. The summed E-state index contributed by atoms with van der Waals surface area (Å²) in [6.45, 7) is 2.30. The van der Waals surface area contributed by atoms with Crippen LogP contribution in [0, 0.1) is 0 Å². The maximum Gasteiger partial charge on any atom is 0.354 e. The Morgan fingerprint density at radius 1 is 1.43 bits per heavy atom. The van der Waals surface area contributed by atoms with Crippen LogP contribution >= 0.6 is 0 Å². The third-order valence-electron chi connectivity index (χ3n) is 1.64. The molecule has 6 nitrogen and oxygen atoms in total. The molecular formula is C8H14N4O2. The summed E-state index contributed by atoms with van der Waals surface area (Å²) in [6.07, 6.45) is 0. The fraction of sp³-hybridized carbons (Fsp3) is 0.625. The molecule has 0 bridgehead atoms. The highest BCUT2D eigenvalue weighted by Gasteiger charge is 2.08. The number of anilines is 1. The lowest BCUT2D eigenvalue weighted by Gasteiger charge is -2.12. The van der Waals surface area contributed by atoms with Gasteiger partial charge in [0.2, 0.25) is 5.95 Å². The van der Waals surface area contributed by atoms with E-state index < -0.39 is 0 Å². The second-order valence-corrected chi connectivity index (χ2v) is 2.98. The van der Waals surface area contributed by atoms with Crippen molar-refractivity contribution in [2.24, 2.45) is 7.05 Å². The molecule has 0 fully saturated rings. The van der Waals surface area contributed by atoms with Gasteiger partial charge in [-0.1, -0.05) is 0 Å². The van der Waals surface area contributed by atoms with E-state index in [0.29, 0.717) is 12.6 Å². The Morgan fingerprint density at radius 2 is 2.07 bits per heavy atom. The quantitative estimate of drug-likeness (QED) is 0.663. The number of rotatable bonds is 3. The lowest BCUT2D eigenvalue weighted by atomic mass is 10.7. The van der Waals surface area contributed by atoms with Crippen molar-refractivity contribution >= 4 is 5.95 Å². The summed E-state index contributed by atoms with van der Waals surface area (Å²) < 4.78 is 6.47. The normalized spacial score (nSPS) is 10.0. The molecular weight excluding hydrogens is 184 g/mol. The number of aromatic nitrogens is 3. The summed E-state index contributed by atoms with van der Waals surface area (Å²) in [4.78, 5) is 20.8. The zero-order valence-corrected chi connectivity index (χ0v) is 8.81. The van der Waals surface area contributed by atoms with Crippen molar-refractivity contribution in [1.29, 1.82) is 0 Å². The van der Waals surface area contributed by atoms with Crippen molar-refractivity contribution in [3.05, 3.63) is 10.5 Å². The first kappa shape index (κ1) is 10.5. The van der Waals surface area contributed by atoms with E-state index in [9.17, 15) is 4.79 Å². The van der Waals surface area contributed by atoms with Crippen LogP contribution in [-0.2, 0) is 7.05 Å². The van der Waals surface area contributed by atoms with Gasteiger partial charge in [-0.25, -0.2) is 9.36 Å². The van der Waals surface area contributed by atoms with E-state index >= 15 is 0 Å². The van der Waals surface area contributed by atoms with Crippen LogP contribution in [0.1, 0.15) is 6.92 Å². The molecule has 0 aliphatic rings. The molecule has 0 aromatic carbocycles. The minimum Gasteiger partial charge on any atom is -0.465 e. The SMILES string of the molecule is CCOc1nc(N(C)C)nc(=O)n1C. The lowest BCUT2D eigenvalue weighted by Crippen LogP contribution is -2.27. The highest BCUT2D eigenvalue weighted by atomic mass is 16.5. The first-order valence-electron chi connectivity index (χ1n) is 4.31. The molecule has 1 heterocycles. The standard InChI is InChI=1S/C8H14N4O2/c1-5-14-8-10-6(11(2)3)9-7(13)12(8)4/h5H2,1-4H3. The van der Waals surface area contributed by atoms with E-state index in [0.717, 1.165) is 0 Å². The zero-order chi connectivity index (χ0) is 10.7. The third kappa shape index (κ3) is 2.01. The fourth-order valence-corrected chi connectivity index (χ4v) is 0.886. The first-order chi connectivity index (χ1) is 6.56. The molecule has 1 rings (SSSR count). The van der Waals surface area contributed by atoms with Crippen molar-refractivity contribution in [1.82, 2.24) is 14.5 Å². The molecule has 0 spiro atoms. The minimum atomic E-state index is -0.368. The first-order valence-corrected chi connectivity index (χ1v) is 4.31. The smallest absolute Gasteiger partial charge is 0.354 e. The summed E-state index contributed by atoms with van der Waals surface area (Å²) in [5.41, 5.74) is -0.368. The van der Waals surface area contributed by atoms with Gasteiger partial charge >= 0.3 is 11.7 Å². The summed E-state index contributed by atoms with van der Waals surface area (Å²) >= 11 is 0. The van der Waals surface area contributed by atoms with E-state index in [1.54, 1.807) is 26.0 Å². The summed E-state index contributed by atoms with van der Waals surface area (Å²) in [5, 5.41) is 0. The van der Waals surface area contributed by atoms with Gasteiger partial charge in [0.15, 0.2) is 0 Å². The maximum atomic E-state index is 11.3. The van der Waals surface area contributed by atoms with E-state index in [4.69, 9.17) is 4.74 Å². The van der Waals surface area contributed by atoms with Crippen LogP contribution in [0.3, 0.4) is 0 Å². The van der Waals surface area contributed by atoms with E-state index in [1.165, 1.54) is 4.57 Å². The van der Waals surface area contributed by atoms with Gasteiger partial charge in [-0.15, -0.1) is 0 Å². The van der Waals surface area contributed by atoms with Crippen LogP contribution < -0.4 is 15.3 Å². The van der Waals surface area contributed by atoms with Gasteiger partial charge < -0.3 is 9.64 Å². The Labute approximate surface area is 82.2 Å². The third-order valence-corrected chi connectivity index (χ3v) is 1.64. The monoisotopic (exact) mass is 198 g/mol. The Balaban J connectivity index is 3.21. The molecule has 1 aromatic heterocycles. The van der Waals surface area contributed by atoms with Crippen molar-refractivity contribution in [2.45, 2.75) is 6.92 Å². The van der Waals surface area contributed by atoms with Crippen LogP contribution in [0.4, 0.5) is 5.95 Å². The summed E-state index contributed by atoms with van der Waals surface area (Å²) in [5.74, 6) is 0.358. The number of nitrogens with zero attached hydrogens (tertiary/aromatic N) is 4. The topological polar surface area (TPSA) is 60.2 Å². The molecule has 0 saturated carbocycles. The molecule has 0 atom stereocenters. The largest absolute Gasteiger partial charge is 0.465 e. The van der Waals surface area contributed by atoms with E-state index in [-0.39, 0.29) is 11.7 Å². The van der Waals surface area contributed by atoms with Gasteiger partial charge in [0.05, 0.1) is 6.61 Å². The highest BCUT2D eigenvalue weighted by Crippen LogP contribution is 2.06. The maximum absolute atomic E-state index is 11.3. The lowest BCUT2D eigenvalue weighted by molar-refractivity contribution is 0.293. The Kier molecular flexibility index (Phi) is 3.06. The minimum absolute atomic E-state index is 0.288. The van der Waals surface area contributed by atoms with Gasteiger partial charge in [0, 0.05) is 21.1 Å². The molecule has 0 aliphatic heterocycles. The van der Waals surface area contributed by atoms with Crippen LogP contribution in [0.5, 0.6) is 6.01 Å². The molecule has 1 aromatic rings. The zero-order valence-electron chi connectivity index (χ0n) is 8.81. The van der Waals surface area contributed by atoms with Gasteiger partial charge in [-0.3, -0.25) is 0 Å². The molecule has 6 heteroatoms. The Morgan fingerprint density at radius 3 is 2.57 bits per heavy atom. The van der Waals surface area contributed by atoms with Crippen molar-refractivity contribution in [3.8, 4) is 6.01 Å². The van der Waals surface area contributed by atoms with E-state index in [1.807, 2.05) is 6.92 Å². The summed E-state index contributed by atoms with van der Waals surface area (Å²) in [6, 6.07) is 0.288.